The number of aromatic nitrogens is 3. The maximum atomic E-state index is 11.4. The molecule has 0 aliphatic carbocycles. The lowest BCUT2D eigenvalue weighted by molar-refractivity contribution is -0.129. The molecule has 3 rings (SSSR count). The van der Waals surface area contributed by atoms with Gasteiger partial charge in [0, 0.05) is 51.4 Å². The van der Waals surface area contributed by atoms with E-state index in [0.29, 0.717) is 37.9 Å². The Morgan fingerprint density at radius 1 is 1.00 bits per heavy atom. The Morgan fingerprint density at radius 2 is 1.65 bits per heavy atom. The second-order valence-corrected chi connectivity index (χ2v) is 6.02. The molecule has 1 aromatic carbocycles. The zero-order chi connectivity index (χ0) is 18.5. The Kier molecular flexibility index (Phi) is 5.26. The molecule has 0 atom stereocenters. The molecule has 26 heavy (non-hydrogen) atoms. The standard InChI is InChI=1S/C17H21N7O2/c1-12(25)19-14-3-5-15(6-4-14)20-16-11-18-22-17(21-16)24-9-7-23(8-10-24)13(2)26/h3-6,11H,7-10H2,1-2H3,(H,19,25)(H,20,21,22). The van der Waals surface area contributed by atoms with Crippen molar-refractivity contribution in [2.75, 3.05) is 41.7 Å². The van der Waals surface area contributed by atoms with Crippen molar-refractivity contribution >= 4 is 35.0 Å². The summed E-state index contributed by atoms with van der Waals surface area (Å²) in [5.74, 6) is 1.09. The van der Waals surface area contributed by atoms with E-state index in [2.05, 4.69) is 25.8 Å². The van der Waals surface area contributed by atoms with Crippen LogP contribution in [-0.4, -0.2) is 58.1 Å². The van der Waals surface area contributed by atoms with Crippen LogP contribution in [-0.2, 0) is 9.59 Å². The Morgan fingerprint density at radius 3 is 2.27 bits per heavy atom. The molecule has 0 unspecified atom stereocenters. The Hall–Kier alpha value is -3.23. The third-order valence-electron chi connectivity index (χ3n) is 4.03. The van der Waals surface area contributed by atoms with Crippen LogP contribution in [0.25, 0.3) is 0 Å². The third-order valence-corrected chi connectivity index (χ3v) is 4.03. The highest BCUT2D eigenvalue weighted by Crippen LogP contribution is 2.19. The van der Waals surface area contributed by atoms with E-state index in [1.165, 1.54) is 6.92 Å². The van der Waals surface area contributed by atoms with Crippen molar-refractivity contribution in [3.63, 3.8) is 0 Å². The highest BCUT2D eigenvalue weighted by Gasteiger charge is 2.20. The van der Waals surface area contributed by atoms with Gasteiger partial charge in [0.15, 0.2) is 5.82 Å². The normalized spacial score (nSPS) is 14.1. The van der Waals surface area contributed by atoms with E-state index >= 15 is 0 Å². The molecule has 136 valence electrons. The zero-order valence-corrected chi connectivity index (χ0v) is 14.8. The molecule has 0 saturated carbocycles. The van der Waals surface area contributed by atoms with Crippen molar-refractivity contribution in [3.8, 4) is 0 Å². The van der Waals surface area contributed by atoms with Gasteiger partial charge in [-0.15, -0.1) is 5.10 Å². The summed E-state index contributed by atoms with van der Waals surface area (Å²) in [7, 11) is 0. The van der Waals surface area contributed by atoms with E-state index in [-0.39, 0.29) is 11.8 Å². The zero-order valence-electron chi connectivity index (χ0n) is 14.8. The van der Waals surface area contributed by atoms with Gasteiger partial charge in [0.2, 0.25) is 17.8 Å². The lowest BCUT2D eigenvalue weighted by atomic mass is 10.3. The van der Waals surface area contributed by atoms with Gasteiger partial charge in [-0.3, -0.25) is 9.59 Å². The molecule has 1 aliphatic rings. The molecule has 2 N–H and O–H groups in total. The average molecular weight is 355 g/mol. The second-order valence-electron chi connectivity index (χ2n) is 6.02. The van der Waals surface area contributed by atoms with Gasteiger partial charge in [-0.25, -0.2) is 0 Å². The van der Waals surface area contributed by atoms with E-state index in [1.807, 2.05) is 21.9 Å². The van der Waals surface area contributed by atoms with Crippen LogP contribution < -0.4 is 15.5 Å². The number of nitrogens with one attached hydrogen (secondary N) is 2. The van der Waals surface area contributed by atoms with Crippen molar-refractivity contribution in [1.29, 1.82) is 0 Å². The van der Waals surface area contributed by atoms with Crippen LogP contribution in [0, 0.1) is 0 Å². The summed E-state index contributed by atoms with van der Waals surface area (Å²) in [6.45, 7) is 5.71. The van der Waals surface area contributed by atoms with E-state index in [0.717, 1.165) is 11.4 Å². The minimum Gasteiger partial charge on any atom is -0.339 e. The quantitative estimate of drug-likeness (QED) is 0.850. The Labute approximate surface area is 151 Å². The summed E-state index contributed by atoms with van der Waals surface area (Å²) in [5.41, 5.74) is 1.56. The average Bonchev–Trinajstić information content (AvgIpc) is 2.63. The molecule has 1 saturated heterocycles. The molecular weight excluding hydrogens is 334 g/mol. The van der Waals surface area contributed by atoms with Gasteiger partial charge >= 0.3 is 0 Å². The first-order chi connectivity index (χ1) is 12.5. The van der Waals surface area contributed by atoms with Gasteiger partial charge in [0.25, 0.3) is 0 Å². The van der Waals surface area contributed by atoms with E-state index in [9.17, 15) is 9.59 Å². The van der Waals surface area contributed by atoms with Gasteiger partial charge in [-0.05, 0) is 24.3 Å². The molecule has 1 aromatic heterocycles. The molecule has 0 radical (unpaired) electrons. The van der Waals surface area contributed by atoms with Gasteiger partial charge in [-0.2, -0.15) is 10.1 Å². The third kappa shape index (κ3) is 4.44. The minimum atomic E-state index is -0.111. The predicted molar refractivity (Wildman–Crippen MR) is 98.3 cm³/mol. The number of hydrogen-bond donors (Lipinski definition) is 2. The van der Waals surface area contributed by atoms with Crippen LogP contribution in [0.5, 0.6) is 0 Å². The largest absolute Gasteiger partial charge is 0.339 e. The smallest absolute Gasteiger partial charge is 0.247 e. The molecule has 2 heterocycles. The SMILES string of the molecule is CC(=O)Nc1ccc(Nc2cnnc(N3CCN(C(C)=O)CC3)n2)cc1. The van der Waals surface area contributed by atoms with Crippen LogP contribution in [0.3, 0.4) is 0 Å². The first-order valence-electron chi connectivity index (χ1n) is 8.36. The summed E-state index contributed by atoms with van der Waals surface area (Å²) in [4.78, 5) is 30.8. The predicted octanol–water partition coefficient (Wildman–Crippen LogP) is 1.24. The van der Waals surface area contributed by atoms with Crippen LogP contribution in [0.2, 0.25) is 0 Å². The molecule has 1 aliphatic heterocycles. The van der Waals surface area contributed by atoms with E-state index in [1.54, 1.807) is 25.3 Å². The van der Waals surface area contributed by atoms with Gasteiger partial charge in [-0.1, -0.05) is 0 Å². The number of anilines is 4. The Bertz CT molecular complexity index is 786. The van der Waals surface area contributed by atoms with Crippen LogP contribution in [0.1, 0.15) is 13.8 Å². The van der Waals surface area contributed by atoms with Crippen molar-refractivity contribution in [2.24, 2.45) is 0 Å². The number of carbonyl (C=O) groups excluding carboxylic acids is 2. The number of benzene rings is 1. The summed E-state index contributed by atoms with van der Waals surface area (Å²) >= 11 is 0. The van der Waals surface area contributed by atoms with Crippen molar-refractivity contribution in [1.82, 2.24) is 20.1 Å². The fourth-order valence-corrected chi connectivity index (χ4v) is 2.70. The number of rotatable bonds is 4. The van der Waals surface area contributed by atoms with Crippen molar-refractivity contribution in [3.05, 3.63) is 30.5 Å². The molecule has 9 heteroatoms. The number of hydrogen-bond acceptors (Lipinski definition) is 7. The van der Waals surface area contributed by atoms with Crippen LogP contribution in [0.15, 0.2) is 30.5 Å². The lowest BCUT2D eigenvalue weighted by Gasteiger charge is -2.33. The summed E-state index contributed by atoms with van der Waals surface area (Å²) in [6.07, 6.45) is 1.55. The molecule has 0 bridgehead atoms. The fraction of sp³-hybridized carbons (Fsp3) is 0.353. The molecule has 9 nitrogen and oxygen atoms in total. The number of amides is 2. The van der Waals surface area contributed by atoms with Crippen molar-refractivity contribution in [2.45, 2.75) is 13.8 Å². The summed E-state index contributed by atoms with van der Waals surface area (Å²) in [5, 5.41) is 14.0. The monoisotopic (exact) mass is 355 g/mol. The molecule has 2 aromatic rings. The molecule has 0 spiro atoms. The fourth-order valence-electron chi connectivity index (χ4n) is 2.70. The molecule has 2 amide bonds. The number of piperazine rings is 1. The number of nitrogens with zero attached hydrogens (tertiary/aromatic N) is 5. The molecule has 1 fully saturated rings. The summed E-state index contributed by atoms with van der Waals surface area (Å²) < 4.78 is 0. The van der Waals surface area contributed by atoms with Crippen LogP contribution >= 0.6 is 0 Å². The topological polar surface area (TPSA) is 103 Å². The van der Waals surface area contributed by atoms with E-state index in [4.69, 9.17) is 0 Å². The van der Waals surface area contributed by atoms with E-state index < -0.39 is 0 Å². The number of carbonyl (C=O) groups is 2. The van der Waals surface area contributed by atoms with Crippen molar-refractivity contribution < 1.29 is 9.59 Å². The highest BCUT2D eigenvalue weighted by molar-refractivity contribution is 5.88. The van der Waals surface area contributed by atoms with Gasteiger partial charge < -0.3 is 20.4 Å². The highest BCUT2D eigenvalue weighted by atomic mass is 16.2. The Balaban J connectivity index is 1.64. The molecular formula is C17H21N7O2. The summed E-state index contributed by atoms with van der Waals surface area (Å²) in [6, 6.07) is 7.30. The van der Waals surface area contributed by atoms with Gasteiger partial charge in [0.1, 0.15) is 0 Å². The maximum absolute atomic E-state index is 11.4. The minimum absolute atomic E-state index is 0.0850. The maximum Gasteiger partial charge on any atom is 0.247 e. The second kappa shape index (κ2) is 7.77. The lowest BCUT2D eigenvalue weighted by Crippen LogP contribution is -2.48. The first kappa shape index (κ1) is 17.6. The van der Waals surface area contributed by atoms with Gasteiger partial charge in [0.05, 0.1) is 6.20 Å². The van der Waals surface area contributed by atoms with Crippen LogP contribution in [0.4, 0.5) is 23.1 Å². The first-order valence-corrected chi connectivity index (χ1v) is 8.36.